The van der Waals surface area contributed by atoms with Gasteiger partial charge in [0.1, 0.15) is 0 Å². The van der Waals surface area contributed by atoms with Gasteiger partial charge in [-0.3, -0.25) is 9.59 Å². The summed E-state index contributed by atoms with van der Waals surface area (Å²) in [4.78, 5) is 23.7. The van der Waals surface area contributed by atoms with E-state index >= 15 is 0 Å². The number of carbonyl (C=O) groups is 2. The van der Waals surface area contributed by atoms with E-state index in [1.165, 1.54) is 12.5 Å². The molecule has 1 saturated carbocycles. The van der Waals surface area contributed by atoms with Crippen molar-refractivity contribution in [3.05, 3.63) is 24.7 Å². The summed E-state index contributed by atoms with van der Waals surface area (Å²) in [5.74, 6) is -1.44. The smallest absolute Gasteiger partial charge is 0.314 e. The summed E-state index contributed by atoms with van der Waals surface area (Å²) >= 11 is 0. The summed E-state index contributed by atoms with van der Waals surface area (Å²) in [6.07, 6.45) is 9.27. The molecule has 0 saturated heterocycles. The van der Waals surface area contributed by atoms with Crippen molar-refractivity contribution in [2.45, 2.75) is 39.5 Å². The lowest BCUT2D eigenvalue weighted by Gasteiger charge is -2.27. The molecule has 2 unspecified atom stereocenters. The molecule has 1 rings (SSSR count). The van der Waals surface area contributed by atoms with E-state index in [0.717, 1.165) is 12.8 Å². The number of hydrogen-bond acceptors (Lipinski definition) is 4. The van der Waals surface area contributed by atoms with Gasteiger partial charge in [0.05, 0.1) is 24.4 Å². The van der Waals surface area contributed by atoms with Gasteiger partial charge in [-0.1, -0.05) is 25.0 Å². The van der Waals surface area contributed by atoms with Gasteiger partial charge in [-0.2, -0.15) is 0 Å². The highest BCUT2D eigenvalue weighted by molar-refractivity contribution is 5.82. The first-order valence-electron chi connectivity index (χ1n) is 6.34. The van der Waals surface area contributed by atoms with Crippen molar-refractivity contribution in [1.29, 1.82) is 0 Å². The molecule has 100 valence electrons. The van der Waals surface area contributed by atoms with Crippen LogP contribution in [0.25, 0.3) is 0 Å². The van der Waals surface area contributed by atoms with Crippen molar-refractivity contribution < 1.29 is 19.1 Å². The molecule has 0 N–H and O–H groups in total. The fourth-order valence-corrected chi connectivity index (χ4v) is 2.14. The number of hydrogen-bond donors (Lipinski definition) is 0. The SMILES string of the molecule is C/C=C/OC(=O)C1CCCCC1C(=O)O/C=C/C. The van der Waals surface area contributed by atoms with E-state index < -0.39 is 0 Å². The Hall–Kier alpha value is -1.58. The molecule has 4 nitrogen and oxygen atoms in total. The third kappa shape index (κ3) is 4.02. The van der Waals surface area contributed by atoms with E-state index in [1.54, 1.807) is 26.0 Å². The number of ether oxygens (including phenoxy) is 2. The van der Waals surface area contributed by atoms with Crippen LogP contribution in [-0.2, 0) is 19.1 Å². The average Bonchev–Trinajstić information content (AvgIpc) is 2.42. The number of rotatable bonds is 4. The average molecular weight is 252 g/mol. The quantitative estimate of drug-likeness (QED) is 0.570. The Kier molecular flexibility index (Phi) is 6.19. The summed E-state index contributed by atoms with van der Waals surface area (Å²) in [7, 11) is 0. The van der Waals surface area contributed by atoms with E-state index in [0.29, 0.717) is 12.8 Å². The molecule has 0 amide bonds. The van der Waals surface area contributed by atoms with Gasteiger partial charge >= 0.3 is 11.9 Å². The largest absolute Gasteiger partial charge is 0.435 e. The molecule has 4 heteroatoms. The Bertz CT molecular complexity index is 310. The van der Waals surface area contributed by atoms with Crippen LogP contribution in [0.5, 0.6) is 0 Å². The zero-order valence-electron chi connectivity index (χ0n) is 10.9. The molecule has 0 radical (unpaired) electrons. The van der Waals surface area contributed by atoms with Crippen LogP contribution in [0.15, 0.2) is 24.7 Å². The first-order valence-corrected chi connectivity index (χ1v) is 6.34. The van der Waals surface area contributed by atoms with Crippen molar-refractivity contribution in [3.63, 3.8) is 0 Å². The monoisotopic (exact) mass is 252 g/mol. The molecule has 1 aliphatic rings. The van der Waals surface area contributed by atoms with Crippen molar-refractivity contribution in [3.8, 4) is 0 Å². The van der Waals surface area contributed by atoms with Crippen LogP contribution in [0.4, 0.5) is 0 Å². The van der Waals surface area contributed by atoms with Crippen LogP contribution in [0.3, 0.4) is 0 Å². The lowest BCUT2D eigenvalue weighted by atomic mass is 9.79. The number of carbonyl (C=O) groups excluding carboxylic acids is 2. The van der Waals surface area contributed by atoms with Crippen LogP contribution in [0.2, 0.25) is 0 Å². The maximum Gasteiger partial charge on any atom is 0.314 e. The van der Waals surface area contributed by atoms with Crippen LogP contribution in [0, 0.1) is 11.8 Å². The van der Waals surface area contributed by atoms with Crippen molar-refractivity contribution in [2.24, 2.45) is 11.8 Å². The predicted octanol–water partition coefficient (Wildman–Crippen LogP) is 2.95. The molecule has 0 aromatic carbocycles. The minimum atomic E-state index is -0.382. The van der Waals surface area contributed by atoms with Gasteiger partial charge in [-0.25, -0.2) is 0 Å². The lowest BCUT2D eigenvalue weighted by molar-refractivity contribution is -0.156. The van der Waals surface area contributed by atoms with Gasteiger partial charge < -0.3 is 9.47 Å². The molecule has 1 aliphatic carbocycles. The fraction of sp³-hybridized carbons (Fsp3) is 0.571. The molecule has 0 heterocycles. The summed E-state index contributed by atoms with van der Waals surface area (Å²) in [6, 6.07) is 0. The second kappa shape index (κ2) is 7.69. The van der Waals surface area contributed by atoms with Gasteiger partial charge in [-0.05, 0) is 26.7 Å². The van der Waals surface area contributed by atoms with Crippen molar-refractivity contribution in [2.75, 3.05) is 0 Å². The molecule has 1 fully saturated rings. The maximum absolute atomic E-state index is 11.8. The predicted molar refractivity (Wildman–Crippen MR) is 67.3 cm³/mol. The standard InChI is InChI=1S/C14H20O4/c1-3-9-17-13(15)11-7-5-6-8-12(11)14(16)18-10-4-2/h3-4,9-12H,5-8H2,1-2H3/b9-3+,10-4+. The minimum absolute atomic E-state index is 0.338. The summed E-state index contributed by atoms with van der Waals surface area (Å²) < 4.78 is 9.94. The summed E-state index contributed by atoms with van der Waals surface area (Å²) in [6.45, 7) is 3.54. The van der Waals surface area contributed by atoms with Gasteiger partial charge in [0.15, 0.2) is 0 Å². The lowest BCUT2D eigenvalue weighted by Crippen LogP contribution is -2.33. The minimum Gasteiger partial charge on any atom is -0.435 e. The second-order valence-corrected chi connectivity index (χ2v) is 4.31. The molecular weight excluding hydrogens is 232 g/mol. The van der Waals surface area contributed by atoms with Gasteiger partial charge in [0.2, 0.25) is 0 Å². The highest BCUT2D eigenvalue weighted by Gasteiger charge is 2.37. The normalized spacial score (nSPS) is 24.3. The number of esters is 2. The first kappa shape index (κ1) is 14.5. The summed E-state index contributed by atoms with van der Waals surface area (Å²) in [5, 5.41) is 0. The van der Waals surface area contributed by atoms with Gasteiger partial charge in [-0.15, -0.1) is 0 Å². The van der Waals surface area contributed by atoms with Crippen LogP contribution in [-0.4, -0.2) is 11.9 Å². The topological polar surface area (TPSA) is 52.6 Å². The van der Waals surface area contributed by atoms with E-state index in [4.69, 9.17) is 9.47 Å². The van der Waals surface area contributed by atoms with E-state index in [9.17, 15) is 9.59 Å². The van der Waals surface area contributed by atoms with Crippen molar-refractivity contribution in [1.82, 2.24) is 0 Å². The molecule has 0 spiro atoms. The zero-order chi connectivity index (χ0) is 13.4. The van der Waals surface area contributed by atoms with Crippen LogP contribution < -0.4 is 0 Å². The molecule has 2 atom stereocenters. The summed E-state index contributed by atoms with van der Waals surface area (Å²) in [5.41, 5.74) is 0. The van der Waals surface area contributed by atoms with E-state index in [2.05, 4.69) is 0 Å². The molecule has 18 heavy (non-hydrogen) atoms. The third-order valence-corrected chi connectivity index (χ3v) is 3.01. The Labute approximate surface area is 108 Å². The maximum atomic E-state index is 11.8. The van der Waals surface area contributed by atoms with E-state index in [1.807, 2.05) is 0 Å². The molecule has 0 aromatic rings. The third-order valence-electron chi connectivity index (χ3n) is 3.01. The Morgan fingerprint density at radius 2 is 1.28 bits per heavy atom. The second-order valence-electron chi connectivity index (χ2n) is 4.31. The molecule has 0 aliphatic heterocycles. The van der Waals surface area contributed by atoms with E-state index in [-0.39, 0.29) is 23.8 Å². The Balaban J connectivity index is 2.66. The first-order chi connectivity index (χ1) is 8.70. The highest BCUT2D eigenvalue weighted by atomic mass is 16.5. The Morgan fingerprint density at radius 3 is 1.61 bits per heavy atom. The number of allylic oxidation sites excluding steroid dienone is 2. The van der Waals surface area contributed by atoms with Gasteiger partial charge in [0.25, 0.3) is 0 Å². The molecular formula is C14H20O4. The van der Waals surface area contributed by atoms with Gasteiger partial charge in [0, 0.05) is 0 Å². The molecule has 0 aromatic heterocycles. The van der Waals surface area contributed by atoms with Crippen molar-refractivity contribution >= 4 is 11.9 Å². The molecule has 0 bridgehead atoms. The highest BCUT2D eigenvalue weighted by Crippen LogP contribution is 2.32. The zero-order valence-corrected chi connectivity index (χ0v) is 10.9. The van der Waals surface area contributed by atoms with Crippen LogP contribution in [0.1, 0.15) is 39.5 Å². The van der Waals surface area contributed by atoms with Crippen LogP contribution >= 0.6 is 0 Å². The Morgan fingerprint density at radius 1 is 0.889 bits per heavy atom. The fourth-order valence-electron chi connectivity index (χ4n) is 2.14.